The summed E-state index contributed by atoms with van der Waals surface area (Å²) in [5, 5.41) is 11.5. The number of hydrogen-bond donors (Lipinski definition) is 1. The van der Waals surface area contributed by atoms with Crippen LogP contribution in [0.1, 0.15) is 12.6 Å². The molecule has 0 unspecified atom stereocenters. The van der Waals surface area contributed by atoms with Crippen molar-refractivity contribution in [2.24, 2.45) is 0 Å². The Hall–Kier alpha value is -3.61. The summed E-state index contributed by atoms with van der Waals surface area (Å²) in [5.41, 5.74) is 2.60. The summed E-state index contributed by atoms with van der Waals surface area (Å²) in [7, 11) is 0. The van der Waals surface area contributed by atoms with Crippen molar-refractivity contribution in [1.29, 1.82) is 0 Å². The molecule has 0 aliphatic rings. The molecular formula is C20H17N3O4. The average molecular weight is 363 g/mol. The second kappa shape index (κ2) is 7.33. The van der Waals surface area contributed by atoms with E-state index >= 15 is 0 Å². The topological polar surface area (TPSA) is 90.4 Å². The highest BCUT2D eigenvalue weighted by Gasteiger charge is 2.16. The van der Waals surface area contributed by atoms with Crippen LogP contribution in [-0.2, 0) is 11.2 Å². The van der Waals surface area contributed by atoms with Crippen LogP contribution in [0.2, 0.25) is 0 Å². The number of fused-ring (bicyclic) bond motifs is 1. The number of hydrogen-bond acceptors (Lipinski definition) is 6. The number of amides is 1. The fourth-order valence-electron chi connectivity index (χ4n) is 2.82. The van der Waals surface area contributed by atoms with Crippen molar-refractivity contribution < 1.29 is 18.6 Å². The first-order valence-corrected chi connectivity index (χ1v) is 8.56. The normalized spacial score (nSPS) is 10.9. The molecule has 0 aliphatic carbocycles. The van der Waals surface area contributed by atoms with E-state index in [9.17, 15) is 4.79 Å². The molecule has 0 spiro atoms. The van der Waals surface area contributed by atoms with Crippen molar-refractivity contribution in [3.8, 4) is 17.0 Å². The Morgan fingerprint density at radius 3 is 2.78 bits per heavy atom. The molecule has 2 heterocycles. The lowest BCUT2D eigenvalue weighted by molar-refractivity contribution is -0.115. The molecular weight excluding hydrogens is 346 g/mol. The van der Waals surface area contributed by atoms with Gasteiger partial charge in [0.15, 0.2) is 5.58 Å². The van der Waals surface area contributed by atoms with E-state index in [1.165, 1.54) is 0 Å². The van der Waals surface area contributed by atoms with Gasteiger partial charge in [-0.2, -0.15) is 0 Å². The SMILES string of the molecule is CCOc1ccccc1-c1cc(NC(=O)Cc2noc3ccccc23)on1. The molecule has 0 radical (unpaired) electrons. The number of benzene rings is 2. The van der Waals surface area contributed by atoms with Crippen molar-refractivity contribution >= 4 is 22.8 Å². The first-order valence-electron chi connectivity index (χ1n) is 8.56. The van der Waals surface area contributed by atoms with Crippen molar-refractivity contribution in [3.05, 3.63) is 60.3 Å². The molecule has 0 atom stereocenters. The number of nitrogens with zero attached hydrogens (tertiary/aromatic N) is 2. The minimum Gasteiger partial charge on any atom is -0.493 e. The van der Waals surface area contributed by atoms with E-state index in [1.807, 2.05) is 55.5 Å². The first kappa shape index (κ1) is 16.8. The minimum atomic E-state index is -0.269. The van der Waals surface area contributed by atoms with E-state index in [0.717, 1.165) is 10.9 Å². The summed E-state index contributed by atoms with van der Waals surface area (Å²) in [6.45, 7) is 2.46. The highest BCUT2D eigenvalue weighted by Crippen LogP contribution is 2.30. The third kappa shape index (κ3) is 3.52. The monoisotopic (exact) mass is 363 g/mol. The Labute approximate surface area is 154 Å². The quantitative estimate of drug-likeness (QED) is 0.555. The van der Waals surface area contributed by atoms with Gasteiger partial charge in [0, 0.05) is 17.0 Å². The molecule has 136 valence electrons. The van der Waals surface area contributed by atoms with Crippen LogP contribution in [0.4, 0.5) is 5.88 Å². The molecule has 0 saturated carbocycles. The van der Waals surface area contributed by atoms with Gasteiger partial charge in [-0.1, -0.05) is 34.6 Å². The molecule has 0 bridgehead atoms. The van der Waals surface area contributed by atoms with Gasteiger partial charge in [0.25, 0.3) is 0 Å². The van der Waals surface area contributed by atoms with E-state index < -0.39 is 0 Å². The Balaban J connectivity index is 1.49. The van der Waals surface area contributed by atoms with Gasteiger partial charge in [-0.05, 0) is 31.2 Å². The number of rotatable bonds is 6. The van der Waals surface area contributed by atoms with E-state index in [0.29, 0.717) is 29.3 Å². The summed E-state index contributed by atoms with van der Waals surface area (Å²) >= 11 is 0. The van der Waals surface area contributed by atoms with Crippen LogP contribution >= 0.6 is 0 Å². The van der Waals surface area contributed by atoms with Crippen molar-refractivity contribution in [2.45, 2.75) is 13.3 Å². The zero-order chi connectivity index (χ0) is 18.6. The minimum absolute atomic E-state index is 0.0720. The smallest absolute Gasteiger partial charge is 0.232 e. The van der Waals surface area contributed by atoms with Gasteiger partial charge in [0.05, 0.1) is 13.0 Å². The molecule has 1 N–H and O–H groups in total. The fourth-order valence-corrected chi connectivity index (χ4v) is 2.82. The van der Waals surface area contributed by atoms with Gasteiger partial charge in [-0.25, -0.2) is 0 Å². The first-order chi connectivity index (χ1) is 13.2. The maximum Gasteiger partial charge on any atom is 0.232 e. The Kier molecular flexibility index (Phi) is 4.57. The fraction of sp³-hybridized carbons (Fsp3) is 0.150. The third-order valence-electron chi connectivity index (χ3n) is 4.02. The predicted molar refractivity (Wildman–Crippen MR) is 99.5 cm³/mol. The zero-order valence-electron chi connectivity index (χ0n) is 14.6. The number of carbonyl (C=O) groups excluding carboxylic acids is 1. The number of anilines is 1. The van der Waals surface area contributed by atoms with Gasteiger partial charge in [0.1, 0.15) is 17.1 Å². The lowest BCUT2D eigenvalue weighted by Crippen LogP contribution is -2.14. The van der Waals surface area contributed by atoms with Crippen molar-refractivity contribution in [1.82, 2.24) is 10.3 Å². The van der Waals surface area contributed by atoms with E-state index in [2.05, 4.69) is 15.6 Å². The molecule has 1 amide bonds. The Morgan fingerprint density at radius 2 is 1.89 bits per heavy atom. The van der Waals surface area contributed by atoms with Gasteiger partial charge < -0.3 is 13.8 Å². The predicted octanol–water partition coefficient (Wildman–Crippen LogP) is 4.06. The average Bonchev–Trinajstić information content (AvgIpc) is 3.30. The highest BCUT2D eigenvalue weighted by molar-refractivity contribution is 5.94. The van der Waals surface area contributed by atoms with Gasteiger partial charge >= 0.3 is 0 Å². The number of ether oxygens (including phenoxy) is 1. The van der Waals surface area contributed by atoms with E-state index in [-0.39, 0.29) is 18.2 Å². The maximum atomic E-state index is 12.3. The standard InChI is InChI=1S/C20H17N3O4/c1-2-25-17-9-5-3-7-13(17)16-12-20(27-23-16)21-19(24)11-15-14-8-4-6-10-18(14)26-22-15/h3-10,12H,2,11H2,1H3,(H,21,24). The van der Waals surface area contributed by atoms with E-state index in [1.54, 1.807) is 6.07 Å². The molecule has 4 aromatic rings. The number of aromatic nitrogens is 2. The van der Waals surface area contributed by atoms with Gasteiger partial charge in [-0.15, -0.1) is 0 Å². The molecule has 0 saturated heterocycles. The summed E-state index contributed by atoms with van der Waals surface area (Å²) in [6.07, 6.45) is 0.0720. The molecule has 7 nitrogen and oxygen atoms in total. The van der Waals surface area contributed by atoms with Crippen molar-refractivity contribution in [2.75, 3.05) is 11.9 Å². The van der Waals surface area contributed by atoms with Crippen LogP contribution in [0.25, 0.3) is 22.2 Å². The second-order valence-corrected chi connectivity index (χ2v) is 5.86. The Bertz CT molecular complexity index is 1080. The molecule has 7 heteroatoms. The third-order valence-corrected chi connectivity index (χ3v) is 4.02. The molecule has 27 heavy (non-hydrogen) atoms. The molecule has 2 aromatic heterocycles. The maximum absolute atomic E-state index is 12.3. The molecule has 0 fully saturated rings. The van der Waals surface area contributed by atoms with Crippen LogP contribution in [0.15, 0.2) is 63.6 Å². The van der Waals surface area contributed by atoms with Crippen LogP contribution in [0, 0.1) is 0 Å². The number of nitrogens with one attached hydrogen (secondary N) is 1. The zero-order valence-corrected chi connectivity index (χ0v) is 14.6. The molecule has 0 aliphatic heterocycles. The number of carbonyl (C=O) groups is 1. The Morgan fingerprint density at radius 1 is 1.07 bits per heavy atom. The lowest BCUT2D eigenvalue weighted by Gasteiger charge is -2.06. The van der Waals surface area contributed by atoms with Gasteiger partial charge in [0.2, 0.25) is 11.8 Å². The molecule has 4 rings (SSSR count). The summed E-state index contributed by atoms with van der Waals surface area (Å²) < 4.78 is 16.1. The summed E-state index contributed by atoms with van der Waals surface area (Å²) in [6, 6.07) is 16.6. The van der Waals surface area contributed by atoms with Crippen molar-refractivity contribution in [3.63, 3.8) is 0 Å². The highest BCUT2D eigenvalue weighted by atomic mass is 16.5. The number of para-hydroxylation sites is 2. The second-order valence-electron chi connectivity index (χ2n) is 5.86. The van der Waals surface area contributed by atoms with Gasteiger partial charge in [-0.3, -0.25) is 10.1 Å². The van der Waals surface area contributed by atoms with Crippen LogP contribution < -0.4 is 10.1 Å². The summed E-state index contributed by atoms with van der Waals surface area (Å²) in [4.78, 5) is 12.3. The van der Waals surface area contributed by atoms with Crippen LogP contribution in [0.5, 0.6) is 5.75 Å². The van der Waals surface area contributed by atoms with E-state index in [4.69, 9.17) is 13.8 Å². The largest absolute Gasteiger partial charge is 0.493 e. The van der Waals surface area contributed by atoms with Crippen LogP contribution in [-0.4, -0.2) is 22.8 Å². The summed E-state index contributed by atoms with van der Waals surface area (Å²) in [5.74, 6) is 0.698. The lowest BCUT2D eigenvalue weighted by atomic mass is 10.1. The molecule has 2 aromatic carbocycles. The van der Waals surface area contributed by atoms with Crippen LogP contribution in [0.3, 0.4) is 0 Å².